The van der Waals surface area contributed by atoms with Gasteiger partial charge in [-0.05, 0) is 29.3 Å². The molecule has 1 radical (unpaired) electrons. The van der Waals surface area contributed by atoms with E-state index >= 15 is 0 Å². The van der Waals surface area contributed by atoms with Gasteiger partial charge in [-0.25, -0.2) is 0 Å². The molecule has 0 heterocycles. The topological polar surface area (TPSA) is 43.1 Å². The van der Waals surface area contributed by atoms with Gasteiger partial charge in [0.05, 0.1) is 0 Å². The molecule has 0 fully saturated rings. The summed E-state index contributed by atoms with van der Waals surface area (Å²) in [5.41, 5.74) is 7.71. The van der Waals surface area contributed by atoms with Crippen molar-refractivity contribution in [2.24, 2.45) is 5.73 Å². The first-order chi connectivity index (χ1) is 7.27. The Morgan fingerprint density at radius 3 is 2.33 bits per heavy atom. The highest BCUT2D eigenvalue weighted by atomic mass is 16.1. The Morgan fingerprint density at radius 2 is 1.80 bits per heavy atom. The summed E-state index contributed by atoms with van der Waals surface area (Å²) in [6.45, 7) is 0. The molecular formula is C13H10NO. The summed E-state index contributed by atoms with van der Waals surface area (Å²) in [5, 5.41) is 0. The molecule has 2 heteroatoms. The average Bonchev–Trinajstić information content (AvgIpc) is 2.30. The molecule has 2 aromatic rings. The van der Waals surface area contributed by atoms with Gasteiger partial charge in [-0.15, -0.1) is 0 Å². The van der Waals surface area contributed by atoms with Gasteiger partial charge in [-0.1, -0.05) is 36.4 Å². The third kappa shape index (κ3) is 2.05. The molecule has 2 nitrogen and oxygen atoms in total. The second-order valence-electron chi connectivity index (χ2n) is 3.22. The van der Waals surface area contributed by atoms with Crippen molar-refractivity contribution in [1.29, 1.82) is 0 Å². The fourth-order valence-corrected chi connectivity index (χ4v) is 1.39. The van der Waals surface area contributed by atoms with E-state index in [2.05, 4.69) is 6.07 Å². The van der Waals surface area contributed by atoms with Gasteiger partial charge in [0, 0.05) is 5.56 Å². The molecule has 2 N–H and O–H groups in total. The SMILES string of the molecule is NC(=O)c1ccc(-c2[c]cccc2)cc1. The number of carbonyl (C=O) groups excluding carboxylic acids is 1. The lowest BCUT2D eigenvalue weighted by Crippen LogP contribution is -2.10. The van der Waals surface area contributed by atoms with Gasteiger partial charge in [-0.2, -0.15) is 0 Å². The molecule has 0 bridgehead atoms. The number of hydrogen-bond donors (Lipinski definition) is 1. The van der Waals surface area contributed by atoms with Gasteiger partial charge < -0.3 is 5.73 Å². The maximum absolute atomic E-state index is 10.9. The molecule has 0 saturated heterocycles. The van der Waals surface area contributed by atoms with Crippen LogP contribution >= 0.6 is 0 Å². The zero-order valence-corrected chi connectivity index (χ0v) is 8.10. The van der Waals surface area contributed by atoms with Gasteiger partial charge in [0.1, 0.15) is 0 Å². The van der Waals surface area contributed by atoms with Gasteiger partial charge in [0.15, 0.2) is 0 Å². The molecule has 0 saturated carbocycles. The molecule has 0 aliphatic carbocycles. The van der Waals surface area contributed by atoms with E-state index in [0.29, 0.717) is 5.56 Å². The van der Waals surface area contributed by atoms with Gasteiger partial charge >= 0.3 is 0 Å². The highest BCUT2D eigenvalue weighted by Crippen LogP contribution is 2.18. The minimum Gasteiger partial charge on any atom is -0.366 e. The molecular weight excluding hydrogens is 186 g/mol. The third-order valence-electron chi connectivity index (χ3n) is 2.19. The van der Waals surface area contributed by atoms with E-state index in [-0.39, 0.29) is 0 Å². The number of carbonyl (C=O) groups is 1. The molecule has 0 aliphatic rings. The molecule has 0 aliphatic heterocycles. The monoisotopic (exact) mass is 196 g/mol. The summed E-state index contributed by atoms with van der Waals surface area (Å²) in [7, 11) is 0. The van der Waals surface area contributed by atoms with Crippen molar-refractivity contribution in [3.8, 4) is 11.1 Å². The number of amides is 1. The summed E-state index contributed by atoms with van der Waals surface area (Å²) < 4.78 is 0. The van der Waals surface area contributed by atoms with E-state index in [9.17, 15) is 4.79 Å². The number of primary amides is 1. The predicted octanol–water partition coefficient (Wildman–Crippen LogP) is 2.25. The summed E-state index contributed by atoms with van der Waals surface area (Å²) in [4.78, 5) is 10.9. The Kier molecular flexibility index (Phi) is 2.50. The van der Waals surface area contributed by atoms with E-state index in [1.54, 1.807) is 12.1 Å². The standard InChI is InChI=1S/C13H10NO/c14-13(15)12-8-6-11(7-9-12)10-4-2-1-3-5-10/h1-4,6-9H,(H2,14,15). The first-order valence-corrected chi connectivity index (χ1v) is 4.64. The molecule has 73 valence electrons. The van der Waals surface area contributed by atoms with Crippen molar-refractivity contribution >= 4 is 5.91 Å². The van der Waals surface area contributed by atoms with E-state index in [1.807, 2.05) is 36.4 Å². The van der Waals surface area contributed by atoms with E-state index in [0.717, 1.165) is 11.1 Å². The molecule has 2 rings (SSSR count). The summed E-state index contributed by atoms with van der Waals surface area (Å²) in [5.74, 6) is -0.404. The Morgan fingerprint density at radius 1 is 1.07 bits per heavy atom. The van der Waals surface area contributed by atoms with Crippen molar-refractivity contribution in [1.82, 2.24) is 0 Å². The van der Waals surface area contributed by atoms with Crippen molar-refractivity contribution in [2.75, 3.05) is 0 Å². The van der Waals surface area contributed by atoms with Crippen LogP contribution in [-0.2, 0) is 0 Å². The van der Waals surface area contributed by atoms with Crippen LogP contribution in [0.2, 0.25) is 0 Å². The van der Waals surface area contributed by atoms with Crippen LogP contribution in [0.25, 0.3) is 11.1 Å². The number of rotatable bonds is 2. The number of nitrogens with two attached hydrogens (primary N) is 1. The Balaban J connectivity index is 2.36. The number of hydrogen-bond acceptors (Lipinski definition) is 1. The largest absolute Gasteiger partial charge is 0.366 e. The van der Waals surface area contributed by atoms with Crippen LogP contribution in [0.5, 0.6) is 0 Å². The Labute approximate surface area is 88.4 Å². The van der Waals surface area contributed by atoms with Gasteiger partial charge in [-0.3, -0.25) is 4.79 Å². The summed E-state index contributed by atoms with van der Waals surface area (Å²) in [6, 6.07) is 18.0. The molecule has 0 atom stereocenters. The fraction of sp³-hybridized carbons (Fsp3) is 0. The molecule has 2 aromatic carbocycles. The maximum Gasteiger partial charge on any atom is 0.248 e. The highest BCUT2D eigenvalue weighted by molar-refractivity contribution is 5.93. The van der Waals surface area contributed by atoms with Gasteiger partial charge in [0.2, 0.25) is 5.91 Å². The van der Waals surface area contributed by atoms with Crippen LogP contribution in [-0.4, -0.2) is 5.91 Å². The quantitative estimate of drug-likeness (QED) is 0.786. The Hall–Kier alpha value is -2.09. The van der Waals surface area contributed by atoms with Crippen LogP contribution in [0, 0.1) is 6.07 Å². The van der Waals surface area contributed by atoms with Crippen LogP contribution < -0.4 is 5.73 Å². The van der Waals surface area contributed by atoms with Crippen molar-refractivity contribution < 1.29 is 4.79 Å². The minimum absolute atomic E-state index is 0.404. The van der Waals surface area contributed by atoms with Crippen LogP contribution in [0.1, 0.15) is 10.4 Å². The lowest BCUT2D eigenvalue weighted by atomic mass is 10.0. The lowest BCUT2D eigenvalue weighted by Gasteiger charge is -2.01. The minimum atomic E-state index is -0.404. The highest BCUT2D eigenvalue weighted by Gasteiger charge is 2.00. The van der Waals surface area contributed by atoms with E-state index < -0.39 is 5.91 Å². The summed E-state index contributed by atoms with van der Waals surface area (Å²) >= 11 is 0. The van der Waals surface area contributed by atoms with E-state index in [4.69, 9.17) is 5.73 Å². The van der Waals surface area contributed by atoms with Crippen LogP contribution in [0.15, 0.2) is 48.5 Å². The van der Waals surface area contributed by atoms with Gasteiger partial charge in [0.25, 0.3) is 0 Å². The van der Waals surface area contributed by atoms with Crippen LogP contribution in [0.4, 0.5) is 0 Å². The second-order valence-corrected chi connectivity index (χ2v) is 3.22. The normalized spacial score (nSPS) is 9.87. The first-order valence-electron chi connectivity index (χ1n) is 4.64. The predicted molar refractivity (Wildman–Crippen MR) is 59.2 cm³/mol. The van der Waals surface area contributed by atoms with Crippen molar-refractivity contribution in [2.45, 2.75) is 0 Å². The second kappa shape index (κ2) is 3.96. The smallest absolute Gasteiger partial charge is 0.248 e. The molecule has 0 spiro atoms. The zero-order valence-electron chi connectivity index (χ0n) is 8.10. The molecule has 0 aromatic heterocycles. The van der Waals surface area contributed by atoms with E-state index in [1.165, 1.54) is 0 Å². The average molecular weight is 196 g/mol. The maximum atomic E-state index is 10.9. The summed E-state index contributed by atoms with van der Waals surface area (Å²) in [6.07, 6.45) is 0. The zero-order chi connectivity index (χ0) is 10.7. The first kappa shape index (κ1) is 9.46. The molecule has 1 amide bonds. The molecule has 15 heavy (non-hydrogen) atoms. The van der Waals surface area contributed by atoms with Crippen molar-refractivity contribution in [3.05, 3.63) is 60.2 Å². The van der Waals surface area contributed by atoms with Crippen LogP contribution in [0.3, 0.4) is 0 Å². The Bertz CT molecular complexity index is 460. The van der Waals surface area contributed by atoms with Crippen molar-refractivity contribution in [3.63, 3.8) is 0 Å². The molecule has 0 unspecified atom stereocenters. The fourth-order valence-electron chi connectivity index (χ4n) is 1.39. The third-order valence-corrected chi connectivity index (χ3v) is 2.19. The lowest BCUT2D eigenvalue weighted by molar-refractivity contribution is 0.100. The number of benzene rings is 2.